The highest BCUT2D eigenvalue weighted by Crippen LogP contribution is 2.09. The Hall–Kier alpha value is -0.0800. The van der Waals surface area contributed by atoms with Crippen LogP contribution in [-0.4, -0.2) is 26.7 Å². The van der Waals surface area contributed by atoms with Crippen molar-refractivity contribution in [2.24, 2.45) is 5.92 Å². The van der Waals surface area contributed by atoms with Gasteiger partial charge in [-0.3, -0.25) is 0 Å². The predicted molar refractivity (Wildman–Crippen MR) is 62.2 cm³/mol. The molecule has 2 unspecified atom stereocenters. The molecule has 0 rings (SSSR count). The molecule has 0 bridgehead atoms. The van der Waals surface area contributed by atoms with Crippen LogP contribution in [0.1, 0.15) is 40.5 Å². The van der Waals surface area contributed by atoms with E-state index in [2.05, 4.69) is 24.5 Å². The van der Waals surface area contributed by atoms with Gasteiger partial charge in [-0.2, -0.15) is 0 Å². The van der Waals surface area contributed by atoms with Crippen molar-refractivity contribution >= 4 is 0 Å². The summed E-state index contributed by atoms with van der Waals surface area (Å²) in [5.74, 6) is 0.773. The monoisotopic (exact) mass is 188 g/mol. The zero-order chi connectivity index (χ0) is 10.7. The minimum absolute atomic E-state index is 0.627. The number of rotatable bonds is 6. The molecule has 0 aromatic rings. The highest BCUT2D eigenvalue weighted by atomic mass is 14.9. The molecule has 0 heterocycles. The van der Waals surface area contributed by atoms with Crippen LogP contribution in [0.5, 0.6) is 0 Å². The molecule has 2 heteroatoms. The summed E-state index contributed by atoms with van der Waals surface area (Å²) >= 11 is 0. The molecule has 0 amide bonds. The van der Waals surface area contributed by atoms with Gasteiger partial charge in [-0.15, -0.1) is 0 Å². The van der Waals surface area contributed by atoms with Crippen LogP contribution < -0.4 is 10.6 Å². The van der Waals surface area contributed by atoms with Crippen molar-refractivity contribution in [3.63, 3.8) is 0 Å². The molecule has 13 heavy (non-hydrogen) atoms. The minimum Gasteiger partial charge on any atom is -0.319 e. The molecule has 82 valence electrons. The van der Waals surface area contributed by atoms with Crippen LogP contribution in [0.25, 0.3) is 0 Å². The first-order valence-electron chi connectivity index (χ1n) is 5.58. The Labute approximate surface area is 84.5 Å². The Balaban J connectivity index is 0. The van der Waals surface area contributed by atoms with Crippen LogP contribution in [0.3, 0.4) is 0 Å². The van der Waals surface area contributed by atoms with Crippen molar-refractivity contribution in [3.8, 4) is 0 Å². The average Bonchev–Trinajstić information content (AvgIpc) is 2.19. The normalized spacial score (nSPS) is 14.3. The van der Waals surface area contributed by atoms with Gasteiger partial charge >= 0.3 is 0 Å². The highest BCUT2D eigenvalue weighted by molar-refractivity contribution is 4.71. The zero-order valence-electron chi connectivity index (χ0n) is 10.3. The molecule has 0 radical (unpaired) electrons. The van der Waals surface area contributed by atoms with Crippen molar-refractivity contribution < 1.29 is 0 Å². The maximum Gasteiger partial charge on any atom is 0.00761 e. The molecule has 0 saturated carbocycles. The Morgan fingerprint density at radius 2 is 1.69 bits per heavy atom. The third-order valence-electron chi connectivity index (χ3n) is 2.29. The van der Waals surface area contributed by atoms with E-state index in [1.807, 2.05) is 27.9 Å². The lowest BCUT2D eigenvalue weighted by atomic mass is 9.96. The second-order valence-corrected chi connectivity index (χ2v) is 3.18. The predicted octanol–water partition coefficient (Wildman–Crippen LogP) is 2.26. The van der Waals surface area contributed by atoms with E-state index in [-0.39, 0.29) is 0 Å². The summed E-state index contributed by atoms with van der Waals surface area (Å²) in [6.07, 6.45) is 2.58. The van der Waals surface area contributed by atoms with E-state index in [1.165, 1.54) is 12.8 Å². The first-order chi connectivity index (χ1) is 6.26. The van der Waals surface area contributed by atoms with Gasteiger partial charge in [-0.1, -0.05) is 27.2 Å². The van der Waals surface area contributed by atoms with Gasteiger partial charge in [0.2, 0.25) is 0 Å². The quantitative estimate of drug-likeness (QED) is 0.668. The van der Waals surface area contributed by atoms with Gasteiger partial charge < -0.3 is 10.6 Å². The van der Waals surface area contributed by atoms with E-state index in [1.54, 1.807) is 0 Å². The molecule has 0 fully saturated rings. The van der Waals surface area contributed by atoms with Crippen LogP contribution >= 0.6 is 0 Å². The molecule has 0 spiro atoms. The Morgan fingerprint density at radius 3 is 2.00 bits per heavy atom. The molecule has 0 aliphatic carbocycles. The smallest absolute Gasteiger partial charge is 0.00761 e. The summed E-state index contributed by atoms with van der Waals surface area (Å²) in [5, 5.41) is 6.52. The Bertz CT molecular complexity index is 78.2. The summed E-state index contributed by atoms with van der Waals surface area (Å²) in [5.41, 5.74) is 0. The van der Waals surface area contributed by atoms with E-state index in [9.17, 15) is 0 Å². The summed E-state index contributed by atoms with van der Waals surface area (Å²) in [6, 6.07) is 0.627. The van der Waals surface area contributed by atoms with Crippen molar-refractivity contribution in [2.75, 3.05) is 20.6 Å². The highest BCUT2D eigenvalue weighted by Gasteiger charge is 2.12. The van der Waals surface area contributed by atoms with Gasteiger partial charge in [0.1, 0.15) is 0 Å². The molecular formula is C11H28N2. The third kappa shape index (κ3) is 8.26. The van der Waals surface area contributed by atoms with Crippen LogP contribution in [0.4, 0.5) is 0 Å². The lowest BCUT2D eigenvalue weighted by Gasteiger charge is -2.22. The summed E-state index contributed by atoms with van der Waals surface area (Å²) in [4.78, 5) is 0. The number of nitrogens with one attached hydrogen (secondary N) is 2. The van der Waals surface area contributed by atoms with Gasteiger partial charge in [0.05, 0.1) is 0 Å². The first kappa shape index (κ1) is 15.4. The van der Waals surface area contributed by atoms with E-state index in [0.717, 1.165) is 12.5 Å². The fraction of sp³-hybridized carbons (Fsp3) is 1.00. The standard InChI is InChI=1S/C9H22N2.C2H6/c1-5-6-9(7-10-3)8(2)11-4;1-2/h8-11H,5-7H2,1-4H3;1-2H3. The largest absolute Gasteiger partial charge is 0.319 e. The molecule has 2 nitrogen and oxygen atoms in total. The van der Waals surface area contributed by atoms with E-state index < -0.39 is 0 Å². The fourth-order valence-corrected chi connectivity index (χ4v) is 1.40. The third-order valence-corrected chi connectivity index (χ3v) is 2.29. The second kappa shape index (κ2) is 11.9. The van der Waals surface area contributed by atoms with Gasteiger partial charge in [-0.25, -0.2) is 0 Å². The van der Waals surface area contributed by atoms with Crippen molar-refractivity contribution in [1.82, 2.24) is 10.6 Å². The lowest BCUT2D eigenvalue weighted by Crippen LogP contribution is -2.36. The minimum atomic E-state index is 0.627. The maximum absolute atomic E-state index is 3.29. The van der Waals surface area contributed by atoms with Gasteiger partial charge in [0, 0.05) is 6.04 Å². The molecule has 0 saturated heterocycles. The SMILES string of the molecule is CC.CCCC(CNC)C(C)NC. The summed E-state index contributed by atoms with van der Waals surface area (Å²) < 4.78 is 0. The second-order valence-electron chi connectivity index (χ2n) is 3.18. The number of hydrogen-bond donors (Lipinski definition) is 2. The van der Waals surface area contributed by atoms with E-state index >= 15 is 0 Å². The molecule has 0 aromatic carbocycles. The Morgan fingerprint density at radius 1 is 1.15 bits per heavy atom. The van der Waals surface area contributed by atoms with Gasteiger partial charge in [-0.05, 0) is 39.9 Å². The summed E-state index contributed by atoms with van der Waals surface area (Å²) in [7, 11) is 4.05. The number of hydrogen-bond acceptors (Lipinski definition) is 2. The van der Waals surface area contributed by atoms with Crippen molar-refractivity contribution in [1.29, 1.82) is 0 Å². The molecule has 0 aromatic heterocycles. The fourth-order valence-electron chi connectivity index (χ4n) is 1.40. The zero-order valence-corrected chi connectivity index (χ0v) is 10.3. The maximum atomic E-state index is 3.29. The molecule has 0 aliphatic heterocycles. The summed E-state index contributed by atoms with van der Waals surface area (Å²) in [6.45, 7) is 9.61. The van der Waals surface area contributed by atoms with Crippen LogP contribution in [-0.2, 0) is 0 Å². The van der Waals surface area contributed by atoms with Crippen molar-refractivity contribution in [2.45, 2.75) is 46.6 Å². The Kier molecular flexibility index (Phi) is 14.1. The lowest BCUT2D eigenvalue weighted by molar-refractivity contribution is 0.358. The van der Waals surface area contributed by atoms with E-state index in [0.29, 0.717) is 6.04 Å². The first-order valence-corrected chi connectivity index (χ1v) is 5.58. The van der Waals surface area contributed by atoms with Crippen LogP contribution in [0.2, 0.25) is 0 Å². The molecular weight excluding hydrogens is 160 g/mol. The molecule has 2 N–H and O–H groups in total. The topological polar surface area (TPSA) is 24.1 Å². The van der Waals surface area contributed by atoms with Crippen molar-refractivity contribution in [3.05, 3.63) is 0 Å². The molecule has 2 atom stereocenters. The van der Waals surface area contributed by atoms with Crippen LogP contribution in [0, 0.1) is 5.92 Å². The van der Waals surface area contributed by atoms with E-state index in [4.69, 9.17) is 0 Å². The van der Waals surface area contributed by atoms with Crippen LogP contribution in [0.15, 0.2) is 0 Å². The average molecular weight is 188 g/mol. The molecule has 0 aliphatic rings. The van der Waals surface area contributed by atoms with Gasteiger partial charge in [0.15, 0.2) is 0 Å². The van der Waals surface area contributed by atoms with Gasteiger partial charge in [0.25, 0.3) is 0 Å².